The van der Waals surface area contributed by atoms with Crippen LogP contribution in [0.5, 0.6) is 0 Å². The van der Waals surface area contributed by atoms with Gasteiger partial charge in [0.2, 0.25) is 5.91 Å². The van der Waals surface area contributed by atoms with Gasteiger partial charge in [0.05, 0.1) is 21.8 Å². The van der Waals surface area contributed by atoms with Gasteiger partial charge in [-0.2, -0.15) is 0 Å². The van der Waals surface area contributed by atoms with E-state index in [9.17, 15) is 9.59 Å². The van der Waals surface area contributed by atoms with E-state index in [-0.39, 0.29) is 17.2 Å². The van der Waals surface area contributed by atoms with Crippen LogP contribution in [0.3, 0.4) is 0 Å². The molecule has 0 spiro atoms. The topological polar surface area (TPSA) is 64.0 Å². The van der Waals surface area contributed by atoms with E-state index < -0.39 is 0 Å². The number of thioether (sulfide) groups is 1. The van der Waals surface area contributed by atoms with Crippen molar-refractivity contribution >= 4 is 56.5 Å². The van der Waals surface area contributed by atoms with Crippen LogP contribution < -0.4 is 10.9 Å². The molecule has 1 amide bonds. The minimum absolute atomic E-state index is 0.115. The maximum Gasteiger partial charge on any atom is 0.263 e. The monoisotopic (exact) mass is 419 g/mol. The molecule has 1 aromatic carbocycles. The van der Waals surface area contributed by atoms with Crippen LogP contribution in [0.1, 0.15) is 11.1 Å². The lowest BCUT2D eigenvalue weighted by molar-refractivity contribution is -0.113. The number of aryl methyl sites for hydroxylation is 2. The Labute approximate surface area is 170 Å². The zero-order valence-corrected chi connectivity index (χ0v) is 17.3. The van der Waals surface area contributed by atoms with Crippen molar-refractivity contribution in [2.45, 2.75) is 25.5 Å². The third kappa shape index (κ3) is 4.26. The molecule has 0 aliphatic heterocycles. The lowest BCUT2D eigenvalue weighted by Crippen LogP contribution is -2.23. The number of hydrogen-bond acceptors (Lipinski definition) is 5. The number of thiophene rings is 1. The molecule has 0 aliphatic carbocycles. The maximum absolute atomic E-state index is 12.6. The van der Waals surface area contributed by atoms with Gasteiger partial charge in [0.15, 0.2) is 5.16 Å². The Morgan fingerprint density at radius 1 is 1.44 bits per heavy atom. The number of rotatable bonds is 6. The third-order valence-electron chi connectivity index (χ3n) is 3.89. The summed E-state index contributed by atoms with van der Waals surface area (Å²) in [5.74, 6) is -0.0936. The lowest BCUT2D eigenvalue weighted by Gasteiger charge is -2.12. The van der Waals surface area contributed by atoms with Crippen LogP contribution in [0.25, 0.3) is 10.2 Å². The summed E-state index contributed by atoms with van der Waals surface area (Å²) in [6.45, 7) is 7.88. The SMILES string of the molecule is C=CCn1c(SCC(=O)Nc2c(C)cc(C)cc2Cl)nc2sccc2c1=O. The largest absolute Gasteiger partial charge is 0.324 e. The van der Waals surface area contributed by atoms with Crippen LogP contribution in [0.2, 0.25) is 5.02 Å². The number of nitrogens with one attached hydrogen (secondary N) is 1. The third-order valence-corrected chi connectivity index (χ3v) is 5.97. The van der Waals surface area contributed by atoms with Crippen LogP contribution in [0, 0.1) is 13.8 Å². The number of carbonyl (C=O) groups excluding carboxylic acids is 1. The van der Waals surface area contributed by atoms with E-state index in [1.165, 1.54) is 27.7 Å². The minimum atomic E-state index is -0.209. The summed E-state index contributed by atoms with van der Waals surface area (Å²) in [7, 11) is 0. The summed E-state index contributed by atoms with van der Waals surface area (Å²) < 4.78 is 1.53. The lowest BCUT2D eigenvalue weighted by atomic mass is 10.1. The van der Waals surface area contributed by atoms with Crippen molar-refractivity contribution in [3.05, 3.63) is 62.7 Å². The van der Waals surface area contributed by atoms with Gasteiger partial charge in [0.1, 0.15) is 4.83 Å². The molecule has 140 valence electrons. The van der Waals surface area contributed by atoms with Crippen molar-refractivity contribution in [2.75, 3.05) is 11.1 Å². The Kier molecular flexibility index (Phi) is 6.04. The van der Waals surface area contributed by atoms with Crippen molar-refractivity contribution in [2.24, 2.45) is 0 Å². The Hall–Kier alpha value is -2.09. The number of amides is 1. The van der Waals surface area contributed by atoms with Gasteiger partial charge < -0.3 is 5.32 Å². The van der Waals surface area contributed by atoms with Crippen LogP contribution in [-0.2, 0) is 11.3 Å². The number of allylic oxidation sites excluding steroid dienone is 1. The molecule has 27 heavy (non-hydrogen) atoms. The van der Waals surface area contributed by atoms with Gasteiger partial charge in [-0.15, -0.1) is 17.9 Å². The quantitative estimate of drug-likeness (QED) is 0.359. The van der Waals surface area contributed by atoms with E-state index >= 15 is 0 Å². The predicted octanol–water partition coefficient (Wildman–Crippen LogP) is 4.65. The molecule has 0 saturated heterocycles. The van der Waals surface area contributed by atoms with E-state index in [4.69, 9.17) is 11.6 Å². The molecule has 0 aliphatic rings. The van der Waals surface area contributed by atoms with Gasteiger partial charge in [-0.05, 0) is 42.5 Å². The smallest absolute Gasteiger partial charge is 0.263 e. The van der Waals surface area contributed by atoms with E-state index in [0.29, 0.717) is 32.6 Å². The molecule has 3 aromatic rings. The first-order valence-corrected chi connectivity index (χ1v) is 10.4. The number of fused-ring (bicyclic) bond motifs is 1. The normalized spacial score (nSPS) is 10.9. The molecule has 5 nitrogen and oxygen atoms in total. The molecule has 2 aromatic heterocycles. The fourth-order valence-electron chi connectivity index (χ4n) is 2.71. The molecule has 2 heterocycles. The molecule has 0 bridgehead atoms. The molecule has 3 rings (SSSR count). The number of hydrogen-bond donors (Lipinski definition) is 1. The first kappa shape index (κ1) is 19.7. The summed E-state index contributed by atoms with van der Waals surface area (Å²) in [5.41, 5.74) is 2.42. The molecule has 0 radical (unpaired) electrons. The average molecular weight is 420 g/mol. The van der Waals surface area contributed by atoms with Crippen LogP contribution >= 0.6 is 34.7 Å². The molecule has 0 unspecified atom stereocenters. The molecule has 1 N–H and O–H groups in total. The van der Waals surface area contributed by atoms with Gasteiger partial charge in [-0.25, -0.2) is 4.98 Å². The summed E-state index contributed by atoms with van der Waals surface area (Å²) in [5, 5.41) is 6.27. The first-order chi connectivity index (χ1) is 12.9. The molecule has 0 saturated carbocycles. The molecular formula is C19H18ClN3O2S2. The van der Waals surface area contributed by atoms with Crippen molar-refractivity contribution < 1.29 is 4.79 Å². The van der Waals surface area contributed by atoms with E-state index in [2.05, 4.69) is 16.9 Å². The Balaban J connectivity index is 1.80. The Bertz CT molecular complexity index is 1070. The zero-order valence-electron chi connectivity index (χ0n) is 14.9. The fraction of sp³-hybridized carbons (Fsp3) is 0.211. The van der Waals surface area contributed by atoms with Gasteiger partial charge in [-0.1, -0.05) is 35.5 Å². The van der Waals surface area contributed by atoms with Gasteiger partial charge in [0, 0.05) is 6.54 Å². The molecule has 8 heteroatoms. The van der Waals surface area contributed by atoms with Crippen LogP contribution in [0.4, 0.5) is 5.69 Å². The van der Waals surface area contributed by atoms with Crippen molar-refractivity contribution in [1.29, 1.82) is 0 Å². The van der Waals surface area contributed by atoms with Gasteiger partial charge >= 0.3 is 0 Å². The van der Waals surface area contributed by atoms with E-state index in [1.54, 1.807) is 12.1 Å². The van der Waals surface area contributed by atoms with Gasteiger partial charge in [-0.3, -0.25) is 14.2 Å². The summed E-state index contributed by atoms with van der Waals surface area (Å²) in [4.78, 5) is 30.2. The first-order valence-electron chi connectivity index (χ1n) is 8.19. The number of benzene rings is 1. The zero-order chi connectivity index (χ0) is 19.6. The van der Waals surface area contributed by atoms with Crippen molar-refractivity contribution in [3.8, 4) is 0 Å². The Morgan fingerprint density at radius 3 is 2.93 bits per heavy atom. The average Bonchev–Trinajstić information content (AvgIpc) is 3.08. The minimum Gasteiger partial charge on any atom is -0.324 e. The maximum atomic E-state index is 12.6. The summed E-state index contributed by atoms with van der Waals surface area (Å²) in [6, 6.07) is 5.53. The highest BCUT2D eigenvalue weighted by atomic mass is 35.5. The summed E-state index contributed by atoms with van der Waals surface area (Å²) in [6.07, 6.45) is 1.64. The van der Waals surface area contributed by atoms with Crippen LogP contribution in [-0.4, -0.2) is 21.2 Å². The van der Waals surface area contributed by atoms with Crippen molar-refractivity contribution in [1.82, 2.24) is 9.55 Å². The number of halogens is 1. The standard InChI is InChI=1S/C19H18ClN3O2S2/c1-4-6-23-18(25)13-5-7-26-17(13)22-19(23)27-10-15(24)21-16-12(3)8-11(2)9-14(16)20/h4-5,7-9H,1,6,10H2,2-3H3,(H,21,24). The number of nitrogens with zero attached hydrogens (tertiary/aromatic N) is 2. The highest BCUT2D eigenvalue weighted by Gasteiger charge is 2.15. The fourth-order valence-corrected chi connectivity index (χ4v) is 4.69. The number of aromatic nitrogens is 2. The summed E-state index contributed by atoms with van der Waals surface area (Å²) >= 11 is 8.87. The second kappa shape index (κ2) is 8.29. The van der Waals surface area contributed by atoms with E-state index in [0.717, 1.165) is 11.1 Å². The highest BCUT2D eigenvalue weighted by Crippen LogP contribution is 2.28. The highest BCUT2D eigenvalue weighted by molar-refractivity contribution is 7.99. The molecule has 0 fully saturated rings. The van der Waals surface area contributed by atoms with Gasteiger partial charge in [0.25, 0.3) is 5.56 Å². The molecule has 0 atom stereocenters. The Morgan fingerprint density at radius 2 is 2.22 bits per heavy atom. The number of carbonyl (C=O) groups is 1. The predicted molar refractivity (Wildman–Crippen MR) is 114 cm³/mol. The number of anilines is 1. The second-order valence-corrected chi connectivity index (χ2v) is 8.26. The van der Waals surface area contributed by atoms with Crippen LogP contribution in [0.15, 0.2) is 46.2 Å². The molecular weight excluding hydrogens is 402 g/mol. The van der Waals surface area contributed by atoms with E-state index in [1.807, 2.05) is 31.4 Å². The second-order valence-electron chi connectivity index (χ2n) is 6.01. The van der Waals surface area contributed by atoms with Crippen molar-refractivity contribution in [3.63, 3.8) is 0 Å².